The molecular weight excluding hydrogens is 286 g/mol. The van der Waals surface area contributed by atoms with Crippen LogP contribution in [-0.2, 0) is 9.59 Å². The van der Waals surface area contributed by atoms with Crippen molar-refractivity contribution in [2.75, 3.05) is 11.4 Å². The van der Waals surface area contributed by atoms with E-state index in [1.807, 2.05) is 13.0 Å². The van der Waals surface area contributed by atoms with Crippen molar-refractivity contribution in [2.45, 2.75) is 13.3 Å². The minimum Gasteiger partial charge on any atom is -0.369 e. The summed E-state index contributed by atoms with van der Waals surface area (Å²) >= 11 is 3.30. The summed E-state index contributed by atoms with van der Waals surface area (Å²) in [6.07, 6.45) is 1.88. The fraction of sp³-hybridized carbons (Fsp3) is 0.364. The quantitative estimate of drug-likeness (QED) is 0.827. The number of anilines is 1. The molecule has 2 N–H and O–H groups in total. The Labute approximate surface area is 107 Å². The van der Waals surface area contributed by atoms with E-state index in [9.17, 15) is 9.59 Å². The van der Waals surface area contributed by atoms with Gasteiger partial charge in [0.25, 0.3) is 0 Å². The average Bonchev–Trinajstić information content (AvgIpc) is 2.64. The Hall–Kier alpha value is -1.43. The summed E-state index contributed by atoms with van der Waals surface area (Å²) in [5, 5.41) is 0. The van der Waals surface area contributed by atoms with E-state index in [0.29, 0.717) is 16.8 Å². The molecule has 1 unspecified atom stereocenters. The van der Waals surface area contributed by atoms with Gasteiger partial charge in [0.1, 0.15) is 4.60 Å². The number of rotatable bonds is 2. The third kappa shape index (κ3) is 2.31. The van der Waals surface area contributed by atoms with Gasteiger partial charge in [0.2, 0.25) is 11.8 Å². The van der Waals surface area contributed by atoms with Gasteiger partial charge in [-0.3, -0.25) is 9.59 Å². The van der Waals surface area contributed by atoms with Crippen LogP contribution >= 0.6 is 15.9 Å². The van der Waals surface area contributed by atoms with E-state index in [-0.39, 0.29) is 12.3 Å². The highest BCUT2D eigenvalue weighted by atomic mass is 79.9. The monoisotopic (exact) mass is 297 g/mol. The summed E-state index contributed by atoms with van der Waals surface area (Å²) in [7, 11) is 0. The van der Waals surface area contributed by atoms with E-state index >= 15 is 0 Å². The zero-order valence-corrected chi connectivity index (χ0v) is 10.9. The van der Waals surface area contributed by atoms with Crippen LogP contribution in [0.3, 0.4) is 0 Å². The van der Waals surface area contributed by atoms with E-state index in [0.717, 1.165) is 5.56 Å². The second-order valence-corrected chi connectivity index (χ2v) is 4.88. The smallest absolute Gasteiger partial charge is 0.227 e. The molecule has 1 aliphatic rings. The van der Waals surface area contributed by atoms with Crippen molar-refractivity contribution >= 4 is 33.4 Å². The van der Waals surface area contributed by atoms with Crippen LogP contribution in [0.2, 0.25) is 0 Å². The van der Waals surface area contributed by atoms with Crippen LogP contribution in [0, 0.1) is 12.8 Å². The Morgan fingerprint density at radius 1 is 1.65 bits per heavy atom. The second-order valence-electron chi connectivity index (χ2n) is 4.13. The van der Waals surface area contributed by atoms with Gasteiger partial charge in [0.15, 0.2) is 0 Å². The van der Waals surface area contributed by atoms with Crippen LogP contribution in [-0.4, -0.2) is 23.3 Å². The summed E-state index contributed by atoms with van der Waals surface area (Å²) < 4.78 is 0.599. The molecule has 0 radical (unpaired) electrons. The molecule has 1 aromatic heterocycles. The molecule has 1 aromatic rings. The third-order valence-corrected chi connectivity index (χ3v) is 3.39. The Morgan fingerprint density at radius 2 is 2.35 bits per heavy atom. The van der Waals surface area contributed by atoms with Gasteiger partial charge in [-0.25, -0.2) is 4.98 Å². The third-order valence-electron chi connectivity index (χ3n) is 2.78. The lowest BCUT2D eigenvalue weighted by atomic mass is 10.1. The topological polar surface area (TPSA) is 76.3 Å². The molecule has 0 aromatic carbocycles. The molecule has 0 spiro atoms. The number of aryl methyl sites for hydroxylation is 1. The van der Waals surface area contributed by atoms with E-state index in [2.05, 4.69) is 20.9 Å². The van der Waals surface area contributed by atoms with Gasteiger partial charge in [-0.2, -0.15) is 0 Å². The first-order valence-electron chi connectivity index (χ1n) is 5.21. The predicted octanol–water partition coefficient (Wildman–Crippen LogP) is 0.991. The Morgan fingerprint density at radius 3 is 2.94 bits per heavy atom. The standard InChI is InChI=1S/C11H12BrN3O2/c1-6-2-8(10(12)14-4-6)15-5-7(11(13)17)3-9(15)16/h2,4,7H,3,5H2,1H3,(H2,13,17). The summed E-state index contributed by atoms with van der Waals surface area (Å²) in [4.78, 5) is 28.6. The van der Waals surface area contributed by atoms with Crippen LogP contribution in [0.4, 0.5) is 5.69 Å². The Balaban J connectivity index is 2.32. The highest BCUT2D eigenvalue weighted by molar-refractivity contribution is 9.10. The molecule has 90 valence electrons. The van der Waals surface area contributed by atoms with Crippen molar-refractivity contribution in [1.29, 1.82) is 0 Å². The van der Waals surface area contributed by atoms with Crippen LogP contribution in [0.5, 0.6) is 0 Å². The average molecular weight is 298 g/mol. The molecule has 1 fully saturated rings. The molecule has 0 bridgehead atoms. The number of nitrogens with zero attached hydrogens (tertiary/aromatic N) is 2. The van der Waals surface area contributed by atoms with Crippen molar-refractivity contribution in [3.05, 3.63) is 22.4 Å². The lowest BCUT2D eigenvalue weighted by molar-refractivity contribution is -0.123. The number of halogens is 1. The first-order chi connectivity index (χ1) is 7.99. The number of hydrogen-bond donors (Lipinski definition) is 1. The second kappa shape index (κ2) is 4.44. The maximum Gasteiger partial charge on any atom is 0.227 e. The normalized spacial score (nSPS) is 19.8. The molecule has 2 amide bonds. The molecular formula is C11H12BrN3O2. The summed E-state index contributed by atoms with van der Waals surface area (Å²) in [6.45, 7) is 2.23. The van der Waals surface area contributed by atoms with Gasteiger partial charge in [-0.05, 0) is 34.5 Å². The maximum absolute atomic E-state index is 11.8. The van der Waals surface area contributed by atoms with Crippen molar-refractivity contribution in [1.82, 2.24) is 4.98 Å². The van der Waals surface area contributed by atoms with Crippen LogP contribution in [0.25, 0.3) is 0 Å². The van der Waals surface area contributed by atoms with Gasteiger partial charge >= 0.3 is 0 Å². The number of amides is 2. The number of pyridine rings is 1. The van der Waals surface area contributed by atoms with E-state index < -0.39 is 11.8 Å². The summed E-state index contributed by atoms with van der Waals surface area (Å²) in [6, 6.07) is 1.86. The van der Waals surface area contributed by atoms with Gasteiger partial charge in [-0.15, -0.1) is 0 Å². The number of hydrogen-bond acceptors (Lipinski definition) is 3. The first-order valence-corrected chi connectivity index (χ1v) is 6.00. The van der Waals surface area contributed by atoms with Crippen LogP contribution in [0.15, 0.2) is 16.9 Å². The molecule has 1 atom stereocenters. The fourth-order valence-corrected chi connectivity index (χ4v) is 2.29. The molecule has 17 heavy (non-hydrogen) atoms. The molecule has 2 rings (SSSR count). The van der Waals surface area contributed by atoms with Gasteiger partial charge in [0.05, 0.1) is 11.6 Å². The summed E-state index contributed by atoms with van der Waals surface area (Å²) in [5.41, 5.74) is 6.87. The van der Waals surface area contributed by atoms with E-state index in [1.165, 1.54) is 0 Å². The number of carbonyl (C=O) groups is 2. The highest BCUT2D eigenvalue weighted by Crippen LogP contribution is 2.30. The SMILES string of the molecule is Cc1cnc(Br)c(N2CC(C(N)=O)CC2=O)c1. The van der Waals surface area contributed by atoms with Gasteiger partial charge < -0.3 is 10.6 Å². The highest BCUT2D eigenvalue weighted by Gasteiger charge is 2.34. The zero-order chi connectivity index (χ0) is 12.6. The Kier molecular flexibility index (Phi) is 3.15. The lowest BCUT2D eigenvalue weighted by Gasteiger charge is -2.17. The molecule has 5 nitrogen and oxygen atoms in total. The van der Waals surface area contributed by atoms with Gasteiger partial charge in [-0.1, -0.05) is 0 Å². The largest absolute Gasteiger partial charge is 0.369 e. The van der Waals surface area contributed by atoms with Crippen molar-refractivity contribution in [3.63, 3.8) is 0 Å². The number of nitrogens with two attached hydrogens (primary N) is 1. The van der Waals surface area contributed by atoms with E-state index in [1.54, 1.807) is 11.1 Å². The molecule has 2 heterocycles. The lowest BCUT2D eigenvalue weighted by Crippen LogP contribution is -2.28. The fourth-order valence-electron chi connectivity index (χ4n) is 1.86. The van der Waals surface area contributed by atoms with Crippen molar-refractivity contribution < 1.29 is 9.59 Å². The van der Waals surface area contributed by atoms with Crippen LogP contribution < -0.4 is 10.6 Å². The molecule has 6 heteroatoms. The summed E-state index contributed by atoms with van der Waals surface area (Å²) in [5.74, 6) is -0.936. The minimum atomic E-state index is -0.433. The van der Waals surface area contributed by atoms with Crippen molar-refractivity contribution in [2.24, 2.45) is 11.7 Å². The van der Waals surface area contributed by atoms with Crippen molar-refractivity contribution in [3.8, 4) is 0 Å². The molecule has 0 saturated carbocycles. The number of aromatic nitrogens is 1. The molecule has 1 saturated heterocycles. The number of carbonyl (C=O) groups excluding carboxylic acids is 2. The number of primary amides is 1. The first kappa shape index (κ1) is 12.0. The van der Waals surface area contributed by atoms with E-state index in [4.69, 9.17) is 5.73 Å². The Bertz CT molecular complexity index is 490. The maximum atomic E-state index is 11.8. The predicted molar refractivity (Wildman–Crippen MR) is 66.3 cm³/mol. The molecule has 1 aliphatic heterocycles. The molecule has 0 aliphatic carbocycles. The van der Waals surface area contributed by atoms with Gasteiger partial charge in [0, 0.05) is 19.2 Å². The zero-order valence-electron chi connectivity index (χ0n) is 9.31. The minimum absolute atomic E-state index is 0.0955. The van der Waals surface area contributed by atoms with Crippen LogP contribution in [0.1, 0.15) is 12.0 Å².